The van der Waals surface area contributed by atoms with E-state index in [4.69, 9.17) is 8.94 Å². The summed E-state index contributed by atoms with van der Waals surface area (Å²) in [6.45, 7) is 5.89. The van der Waals surface area contributed by atoms with Gasteiger partial charge in [-0.05, 0) is 42.2 Å². The van der Waals surface area contributed by atoms with Crippen LogP contribution in [-0.2, 0) is 0 Å². The van der Waals surface area contributed by atoms with E-state index in [0.717, 1.165) is 17.2 Å². The topological polar surface area (TPSA) is 76.6 Å². The van der Waals surface area contributed by atoms with Crippen molar-refractivity contribution >= 4 is 22.7 Å². The first-order valence-electron chi connectivity index (χ1n) is 9.98. The summed E-state index contributed by atoms with van der Waals surface area (Å²) < 4.78 is 24.8. The molecule has 7 heteroatoms. The van der Waals surface area contributed by atoms with Gasteiger partial charge in [0, 0.05) is 6.07 Å². The Morgan fingerprint density at radius 2 is 1.81 bits per heavy atom. The zero-order chi connectivity index (χ0) is 21.9. The number of hydrogen-bond acceptors (Lipinski definition) is 5. The van der Waals surface area contributed by atoms with Crippen LogP contribution in [0.15, 0.2) is 62.3 Å². The number of hydrogen-bond donors (Lipinski definition) is 0. The van der Waals surface area contributed by atoms with Crippen LogP contribution in [0.3, 0.4) is 0 Å². The summed E-state index contributed by atoms with van der Waals surface area (Å²) in [5, 5.41) is 4.08. The number of carbonyl (C=O) groups is 1. The molecule has 1 amide bonds. The van der Waals surface area contributed by atoms with E-state index < -0.39 is 23.2 Å². The summed E-state index contributed by atoms with van der Waals surface area (Å²) >= 11 is 0. The number of aromatic nitrogens is 1. The van der Waals surface area contributed by atoms with Crippen molar-refractivity contribution < 1.29 is 18.1 Å². The highest BCUT2D eigenvalue weighted by Gasteiger charge is 2.44. The van der Waals surface area contributed by atoms with E-state index in [-0.39, 0.29) is 28.1 Å². The largest absolute Gasteiger partial charge is 0.450 e. The molecular weight excluding hydrogens is 399 g/mol. The number of anilines is 1. The predicted octanol–water partition coefficient (Wildman–Crippen LogP) is 5.10. The van der Waals surface area contributed by atoms with Gasteiger partial charge in [0.2, 0.25) is 5.76 Å². The summed E-state index contributed by atoms with van der Waals surface area (Å²) in [4.78, 5) is 28.2. The van der Waals surface area contributed by atoms with E-state index in [9.17, 15) is 14.0 Å². The SMILES string of the molecule is Cc1cc(N2C(=O)c3oc4ccc(F)cc4c(=O)c3[C@H]2c2ccc(C(C)C)cc2)no1. The first-order valence-corrected chi connectivity index (χ1v) is 9.98. The molecule has 2 aromatic carbocycles. The van der Waals surface area contributed by atoms with Crippen LogP contribution in [0, 0.1) is 12.7 Å². The summed E-state index contributed by atoms with van der Waals surface area (Å²) in [5.41, 5.74) is 1.74. The van der Waals surface area contributed by atoms with Gasteiger partial charge in [0.05, 0.1) is 17.0 Å². The summed E-state index contributed by atoms with van der Waals surface area (Å²) in [7, 11) is 0. The highest BCUT2D eigenvalue weighted by atomic mass is 19.1. The van der Waals surface area contributed by atoms with Crippen LogP contribution in [0.5, 0.6) is 0 Å². The highest BCUT2D eigenvalue weighted by molar-refractivity contribution is 6.10. The molecule has 1 aliphatic rings. The molecule has 3 heterocycles. The van der Waals surface area contributed by atoms with Crippen molar-refractivity contribution in [1.82, 2.24) is 5.16 Å². The van der Waals surface area contributed by atoms with Crippen molar-refractivity contribution in [3.63, 3.8) is 0 Å². The Kier molecular flexibility index (Phi) is 4.28. The molecule has 0 radical (unpaired) electrons. The molecule has 0 unspecified atom stereocenters. The number of rotatable bonds is 3. The number of amides is 1. The quantitative estimate of drug-likeness (QED) is 0.463. The van der Waals surface area contributed by atoms with Crippen LogP contribution in [0.25, 0.3) is 11.0 Å². The molecule has 6 nitrogen and oxygen atoms in total. The summed E-state index contributed by atoms with van der Waals surface area (Å²) in [6.07, 6.45) is 0. The van der Waals surface area contributed by atoms with Crippen LogP contribution in [0.2, 0.25) is 0 Å². The van der Waals surface area contributed by atoms with Gasteiger partial charge in [-0.25, -0.2) is 4.39 Å². The molecular formula is C24H19FN2O4. The molecule has 1 aliphatic heterocycles. The first kappa shape index (κ1) is 19.2. The Bertz CT molecular complexity index is 1390. The third-order valence-corrected chi connectivity index (χ3v) is 5.61. The van der Waals surface area contributed by atoms with E-state index in [1.165, 1.54) is 17.0 Å². The smallest absolute Gasteiger partial charge is 0.296 e. The molecule has 0 saturated heterocycles. The number of benzene rings is 2. The molecule has 31 heavy (non-hydrogen) atoms. The lowest BCUT2D eigenvalue weighted by molar-refractivity contribution is 0.0969. The average molecular weight is 418 g/mol. The lowest BCUT2D eigenvalue weighted by Crippen LogP contribution is -2.29. The Morgan fingerprint density at radius 3 is 2.45 bits per heavy atom. The molecule has 5 rings (SSSR count). The Morgan fingerprint density at radius 1 is 1.06 bits per heavy atom. The van der Waals surface area contributed by atoms with E-state index in [1.54, 1.807) is 13.0 Å². The van der Waals surface area contributed by atoms with Gasteiger partial charge in [-0.1, -0.05) is 43.3 Å². The minimum Gasteiger partial charge on any atom is -0.450 e. The second-order valence-electron chi connectivity index (χ2n) is 8.01. The van der Waals surface area contributed by atoms with Crippen LogP contribution in [-0.4, -0.2) is 11.1 Å². The highest BCUT2D eigenvalue weighted by Crippen LogP contribution is 2.41. The number of nitrogens with zero attached hydrogens (tertiary/aromatic N) is 2. The lowest BCUT2D eigenvalue weighted by Gasteiger charge is -2.22. The Hall–Kier alpha value is -3.74. The molecule has 0 bridgehead atoms. The molecule has 0 saturated carbocycles. The molecule has 2 aromatic heterocycles. The molecule has 1 atom stereocenters. The van der Waals surface area contributed by atoms with E-state index in [1.807, 2.05) is 24.3 Å². The maximum absolute atomic E-state index is 13.8. The van der Waals surface area contributed by atoms with Crippen molar-refractivity contribution in [2.24, 2.45) is 0 Å². The van der Waals surface area contributed by atoms with Gasteiger partial charge in [0.25, 0.3) is 5.91 Å². The van der Waals surface area contributed by atoms with Crippen LogP contribution in [0.4, 0.5) is 10.2 Å². The summed E-state index contributed by atoms with van der Waals surface area (Å²) in [6, 6.07) is 12.3. The number of carbonyl (C=O) groups excluding carboxylic acids is 1. The summed E-state index contributed by atoms with van der Waals surface area (Å²) in [5.74, 6) is 0.0247. The van der Waals surface area contributed by atoms with Crippen molar-refractivity contribution in [2.45, 2.75) is 32.7 Å². The molecule has 0 spiro atoms. The minimum atomic E-state index is -0.767. The molecule has 156 valence electrons. The second-order valence-corrected chi connectivity index (χ2v) is 8.01. The number of halogens is 1. The van der Waals surface area contributed by atoms with Crippen LogP contribution < -0.4 is 10.3 Å². The number of fused-ring (bicyclic) bond motifs is 2. The molecule has 4 aromatic rings. The molecule has 0 fully saturated rings. The van der Waals surface area contributed by atoms with Gasteiger partial charge in [-0.3, -0.25) is 14.5 Å². The lowest BCUT2D eigenvalue weighted by atomic mass is 9.95. The van der Waals surface area contributed by atoms with Gasteiger partial charge in [-0.2, -0.15) is 0 Å². The number of aryl methyl sites for hydroxylation is 1. The van der Waals surface area contributed by atoms with Gasteiger partial charge < -0.3 is 8.94 Å². The fraction of sp³-hybridized carbons (Fsp3) is 0.208. The zero-order valence-corrected chi connectivity index (χ0v) is 17.2. The van der Waals surface area contributed by atoms with Crippen molar-refractivity contribution in [1.29, 1.82) is 0 Å². The maximum atomic E-state index is 13.8. The standard InChI is InChI=1S/C24H19FN2O4/c1-12(2)14-4-6-15(7-5-14)21-20-22(28)17-11-16(25)8-9-18(17)30-23(20)24(29)27(21)19-10-13(3)31-26-19/h4-12,21H,1-3H3/t21-/m1/s1. The van der Waals surface area contributed by atoms with E-state index in [2.05, 4.69) is 19.0 Å². The first-order chi connectivity index (χ1) is 14.8. The minimum absolute atomic E-state index is 0.0669. The van der Waals surface area contributed by atoms with Crippen LogP contribution in [0.1, 0.15) is 58.8 Å². The van der Waals surface area contributed by atoms with Gasteiger partial charge in [0.15, 0.2) is 11.2 Å². The third kappa shape index (κ3) is 2.96. The van der Waals surface area contributed by atoms with Gasteiger partial charge >= 0.3 is 0 Å². The van der Waals surface area contributed by atoms with Crippen molar-refractivity contribution in [3.05, 3.63) is 92.8 Å². The van der Waals surface area contributed by atoms with Crippen molar-refractivity contribution in [3.8, 4) is 0 Å². The van der Waals surface area contributed by atoms with Crippen LogP contribution >= 0.6 is 0 Å². The zero-order valence-electron chi connectivity index (χ0n) is 17.2. The third-order valence-electron chi connectivity index (χ3n) is 5.61. The Balaban J connectivity index is 1.78. The molecule has 0 aliphatic carbocycles. The molecule has 0 N–H and O–H groups in total. The maximum Gasteiger partial charge on any atom is 0.296 e. The normalized spacial score (nSPS) is 15.8. The van der Waals surface area contributed by atoms with E-state index >= 15 is 0 Å². The van der Waals surface area contributed by atoms with Gasteiger partial charge in [-0.15, -0.1) is 0 Å². The monoisotopic (exact) mass is 418 g/mol. The van der Waals surface area contributed by atoms with E-state index in [0.29, 0.717) is 11.7 Å². The van der Waals surface area contributed by atoms with Crippen molar-refractivity contribution in [2.75, 3.05) is 4.90 Å². The fourth-order valence-corrected chi connectivity index (χ4v) is 4.03. The predicted molar refractivity (Wildman–Crippen MR) is 113 cm³/mol. The Labute approximate surface area is 176 Å². The van der Waals surface area contributed by atoms with Gasteiger partial charge in [0.1, 0.15) is 17.2 Å². The average Bonchev–Trinajstić information content (AvgIpc) is 3.30. The fourth-order valence-electron chi connectivity index (χ4n) is 4.03. The second kappa shape index (κ2) is 6.91.